The Kier molecular flexibility index (Phi) is 13.5. The molecule has 0 aliphatic carbocycles. The normalized spacial score (nSPS) is 11.3. The number of amides is 2. The van der Waals surface area contributed by atoms with Crippen molar-refractivity contribution in [2.24, 2.45) is 10.8 Å². The highest BCUT2D eigenvalue weighted by molar-refractivity contribution is 7.80. The van der Waals surface area contributed by atoms with Gasteiger partial charge in [0.1, 0.15) is 18.2 Å². The number of nitrogens with zero attached hydrogens (tertiary/aromatic N) is 2. The van der Waals surface area contributed by atoms with E-state index < -0.39 is 12.2 Å². The van der Waals surface area contributed by atoms with E-state index in [0.717, 1.165) is 25.7 Å². The Labute approximate surface area is 255 Å². The molecule has 2 N–H and O–H groups in total. The van der Waals surface area contributed by atoms with Crippen LogP contribution in [0.4, 0.5) is 9.59 Å². The molecule has 0 fully saturated rings. The van der Waals surface area contributed by atoms with Crippen LogP contribution >= 0.6 is 24.4 Å². The Balaban J connectivity index is 2.30. The number of thiocarbonyl (C=S) groups is 2. The van der Waals surface area contributed by atoms with Crippen LogP contribution < -0.4 is 20.1 Å². The first-order valence-corrected chi connectivity index (χ1v) is 14.8. The monoisotopic (exact) mass is 600 g/mol. The quantitative estimate of drug-likeness (QED) is 0.193. The molecule has 0 spiro atoms. The van der Waals surface area contributed by atoms with Gasteiger partial charge in [-0.1, -0.05) is 90.8 Å². The number of carbonyl (C=O) groups excluding carboxylic acids is 2. The summed E-state index contributed by atoms with van der Waals surface area (Å²) in [4.78, 5) is 29.2. The van der Waals surface area contributed by atoms with Crippen molar-refractivity contribution >= 4 is 46.8 Å². The summed E-state index contributed by atoms with van der Waals surface area (Å²) < 4.78 is 11.2. The van der Waals surface area contributed by atoms with Crippen molar-refractivity contribution < 1.29 is 19.1 Å². The van der Waals surface area contributed by atoms with Gasteiger partial charge in [-0.3, -0.25) is 0 Å². The number of carbonyl (C=O) groups is 2. The summed E-state index contributed by atoms with van der Waals surface area (Å²) in [6.45, 7) is 13.7. The summed E-state index contributed by atoms with van der Waals surface area (Å²) in [5.41, 5.74) is 0.197. The zero-order valence-electron chi connectivity index (χ0n) is 25.1. The van der Waals surface area contributed by atoms with Crippen LogP contribution in [0.5, 0.6) is 11.5 Å². The molecule has 0 aliphatic rings. The molecule has 8 nitrogen and oxygen atoms in total. The van der Waals surface area contributed by atoms with E-state index in [1.807, 2.05) is 12.1 Å². The predicted molar refractivity (Wildman–Crippen MR) is 172 cm³/mol. The van der Waals surface area contributed by atoms with Crippen LogP contribution in [0.15, 0.2) is 60.7 Å². The second kappa shape index (κ2) is 16.3. The summed E-state index contributed by atoms with van der Waals surface area (Å²) in [5, 5.41) is 6.55. The fourth-order valence-electron chi connectivity index (χ4n) is 3.40. The number of hydrogen-bond donors (Lipinski definition) is 2. The average molecular weight is 601 g/mol. The van der Waals surface area contributed by atoms with Crippen LogP contribution in [0.1, 0.15) is 67.2 Å². The highest BCUT2D eigenvalue weighted by Crippen LogP contribution is 2.24. The van der Waals surface area contributed by atoms with Gasteiger partial charge < -0.3 is 20.1 Å². The van der Waals surface area contributed by atoms with Gasteiger partial charge in [-0.05, 0) is 72.4 Å². The molecule has 0 aromatic heterocycles. The molecule has 0 saturated heterocycles. The fraction of sp³-hybridized carbons (Fsp3) is 0.484. The number of ether oxygens (including phenoxy) is 2. The van der Waals surface area contributed by atoms with Crippen molar-refractivity contribution in [1.29, 1.82) is 0 Å². The van der Waals surface area contributed by atoms with Crippen molar-refractivity contribution in [1.82, 2.24) is 20.4 Å². The van der Waals surface area contributed by atoms with Gasteiger partial charge in [0.25, 0.3) is 0 Å². The fourth-order valence-corrected chi connectivity index (χ4v) is 3.87. The van der Waals surface area contributed by atoms with Crippen molar-refractivity contribution in [3.63, 3.8) is 0 Å². The van der Waals surface area contributed by atoms with Crippen molar-refractivity contribution in [2.45, 2.75) is 67.2 Å². The van der Waals surface area contributed by atoms with Gasteiger partial charge in [0.2, 0.25) is 0 Å². The molecule has 0 bridgehead atoms. The Bertz CT molecular complexity index is 1050. The standard InChI is InChI=1S/C31H44N4O4S2/c1-7-30(3,4)19-21-32-26(40)34(28(36)38-24-15-11-9-12-16-24)23-35(27(41)33-22-20-31(5,6)8-2)29(37)39-25-17-13-10-14-18-25/h9-18H,7-8,19-23H2,1-6H3,(H,32,40)(H,33,41). The molecule has 10 heteroatoms. The molecule has 2 rings (SSSR count). The van der Waals surface area contributed by atoms with Crippen molar-refractivity contribution in [2.75, 3.05) is 19.8 Å². The van der Waals surface area contributed by atoms with E-state index in [4.69, 9.17) is 33.9 Å². The number of hydrogen-bond acceptors (Lipinski definition) is 6. The third kappa shape index (κ3) is 12.0. The molecule has 0 heterocycles. The molecule has 41 heavy (non-hydrogen) atoms. The molecule has 0 aliphatic heterocycles. The highest BCUT2D eigenvalue weighted by atomic mass is 32.1. The van der Waals surface area contributed by atoms with E-state index in [1.165, 1.54) is 9.80 Å². The van der Waals surface area contributed by atoms with Crippen LogP contribution in [-0.2, 0) is 0 Å². The summed E-state index contributed by atoms with van der Waals surface area (Å²) in [5.74, 6) is 0.691. The zero-order chi connectivity index (χ0) is 30.5. The van der Waals surface area contributed by atoms with Crippen molar-refractivity contribution in [3.05, 3.63) is 60.7 Å². The van der Waals surface area contributed by atoms with E-state index in [-0.39, 0.29) is 27.7 Å². The Morgan fingerprint density at radius 3 is 1.34 bits per heavy atom. The molecule has 2 amide bonds. The van der Waals surface area contributed by atoms with Crippen LogP contribution in [0.2, 0.25) is 0 Å². The number of nitrogens with one attached hydrogen (secondary N) is 2. The summed E-state index contributed by atoms with van der Waals surface area (Å²) in [6.07, 6.45) is 2.15. The summed E-state index contributed by atoms with van der Waals surface area (Å²) in [6, 6.07) is 17.3. The lowest BCUT2D eigenvalue weighted by atomic mass is 9.87. The van der Waals surface area contributed by atoms with E-state index in [2.05, 4.69) is 52.2 Å². The first-order valence-electron chi connectivity index (χ1n) is 14.0. The summed E-state index contributed by atoms with van der Waals surface area (Å²) >= 11 is 11.3. The molecule has 2 aromatic rings. The van der Waals surface area contributed by atoms with Crippen LogP contribution in [0.3, 0.4) is 0 Å². The number of rotatable bonds is 12. The maximum Gasteiger partial charge on any atom is 0.423 e. The van der Waals surface area contributed by atoms with Crippen molar-refractivity contribution in [3.8, 4) is 11.5 Å². The van der Waals surface area contributed by atoms with E-state index >= 15 is 0 Å². The van der Waals surface area contributed by atoms with Gasteiger partial charge in [0.15, 0.2) is 10.2 Å². The Morgan fingerprint density at radius 2 is 1.02 bits per heavy atom. The second-order valence-corrected chi connectivity index (χ2v) is 12.1. The zero-order valence-corrected chi connectivity index (χ0v) is 26.7. The second-order valence-electron chi connectivity index (χ2n) is 11.4. The maximum absolute atomic E-state index is 13.4. The van der Waals surface area contributed by atoms with Gasteiger partial charge in [0.05, 0.1) is 0 Å². The van der Waals surface area contributed by atoms with Crippen LogP contribution in [-0.4, -0.2) is 52.0 Å². The Hall–Kier alpha value is -3.24. The topological polar surface area (TPSA) is 83.1 Å². The van der Waals surface area contributed by atoms with E-state index in [0.29, 0.717) is 24.6 Å². The maximum atomic E-state index is 13.4. The van der Waals surface area contributed by atoms with Gasteiger partial charge in [0, 0.05) is 13.1 Å². The van der Waals surface area contributed by atoms with Gasteiger partial charge in [-0.15, -0.1) is 0 Å². The largest absolute Gasteiger partial charge is 0.423 e. The molecule has 0 radical (unpaired) electrons. The first-order chi connectivity index (χ1) is 19.4. The van der Waals surface area contributed by atoms with Gasteiger partial charge in [-0.25, -0.2) is 19.4 Å². The van der Waals surface area contributed by atoms with E-state index in [1.54, 1.807) is 48.5 Å². The number of para-hydroxylation sites is 2. The van der Waals surface area contributed by atoms with Crippen LogP contribution in [0.25, 0.3) is 0 Å². The minimum Gasteiger partial charge on any atom is -0.410 e. The highest BCUT2D eigenvalue weighted by Gasteiger charge is 2.30. The lowest BCUT2D eigenvalue weighted by Gasteiger charge is -2.31. The third-order valence-corrected chi connectivity index (χ3v) is 7.91. The predicted octanol–water partition coefficient (Wildman–Crippen LogP) is 7.35. The molecule has 224 valence electrons. The minimum atomic E-state index is -0.754. The molecular weight excluding hydrogens is 556 g/mol. The molecule has 0 atom stereocenters. The molecule has 0 saturated carbocycles. The molecular formula is C31H44N4O4S2. The summed E-state index contributed by atoms with van der Waals surface area (Å²) in [7, 11) is 0. The van der Waals surface area contributed by atoms with E-state index in [9.17, 15) is 9.59 Å². The van der Waals surface area contributed by atoms with Crippen LogP contribution in [0, 0.1) is 10.8 Å². The van der Waals surface area contributed by atoms with Gasteiger partial charge in [-0.2, -0.15) is 0 Å². The first kappa shape index (κ1) is 34.0. The van der Waals surface area contributed by atoms with Gasteiger partial charge >= 0.3 is 12.2 Å². The Morgan fingerprint density at radius 1 is 0.683 bits per heavy atom. The number of benzene rings is 2. The molecule has 0 unspecified atom stereocenters. The third-order valence-electron chi connectivity index (χ3n) is 7.18. The molecule has 2 aromatic carbocycles. The average Bonchev–Trinajstić information content (AvgIpc) is 2.94. The SMILES string of the molecule is CCC(C)(C)CCNC(=S)N(CN(C(=O)Oc1ccccc1)C(=S)NCCC(C)(C)CC)C(=O)Oc1ccccc1. The lowest BCUT2D eigenvalue weighted by Crippen LogP contribution is -2.55. The minimum absolute atomic E-state index is 0.0985. The lowest BCUT2D eigenvalue weighted by molar-refractivity contribution is 0.146. The smallest absolute Gasteiger partial charge is 0.410 e.